The van der Waals surface area contributed by atoms with Gasteiger partial charge in [-0.05, 0) is 38.1 Å². The topological polar surface area (TPSA) is 75.6 Å². The lowest BCUT2D eigenvalue weighted by Crippen LogP contribution is -2.29. The normalized spacial score (nSPS) is 11.1. The van der Waals surface area contributed by atoms with E-state index in [9.17, 15) is 9.59 Å². The zero-order valence-electron chi connectivity index (χ0n) is 10.7. The minimum Gasteiger partial charge on any atom is -0.478 e. The number of carboxylic acid groups (broad SMARTS) is 1. The minimum absolute atomic E-state index is 0.176. The standard InChI is InChI=1S/C13H17NO4/c1-13(2,18-3)8-11(15)14-10-6-4-9(5-7-10)12(16)17/h4-7H,8H2,1-3H3,(H,14,15)(H,16,17). The summed E-state index contributed by atoms with van der Waals surface area (Å²) < 4.78 is 5.16. The molecular formula is C13H17NO4. The number of hydrogen-bond donors (Lipinski definition) is 2. The Morgan fingerprint density at radius 1 is 1.28 bits per heavy atom. The molecule has 1 aromatic carbocycles. The van der Waals surface area contributed by atoms with Gasteiger partial charge in [0.15, 0.2) is 0 Å². The third kappa shape index (κ3) is 4.18. The van der Waals surface area contributed by atoms with Crippen LogP contribution in [0.3, 0.4) is 0 Å². The van der Waals surface area contributed by atoms with Gasteiger partial charge in [0.05, 0.1) is 17.6 Å². The Morgan fingerprint density at radius 3 is 2.28 bits per heavy atom. The lowest BCUT2D eigenvalue weighted by Gasteiger charge is -2.21. The van der Waals surface area contributed by atoms with Gasteiger partial charge in [-0.2, -0.15) is 0 Å². The fraction of sp³-hybridized carbons (Fsp3) is 0.385. The molecule has 5 heteroatoms. The molecule has 1 rings (SSSR count). The quantitative estimate of drug-likeness (QED) is 0.840. The van der Waals surface area contributed by atoms with Crippen molar-refractivity contribution in [2.45, 2.75) is 25.9 Å². The number of aromatic carboxylic acids is 1. The van der Waals surface area contributed by atoms with Gasteiger partial charge in [0.25, 0.3) is 0 Å². The second kappa shape index (κ2) is 5.64. The van der Waals surface area contributed by atoms with Gasteiger partial charge in [-0.1, -0.05) is 0 Å². The van der Waals surface area contributed by atoms with Crippen LogP contribution < -0.4 is 5.32 Å². The Hall–Kier alpha value is -1.88. The van der Waals surface area contributed by atoms with Crippen LogP contribution >= 0.6 is 0 Å². The average Bonchev–Trinajstić information content (AvgIpc) is 2.29. The van der Waals surface area contributed by atoms with E-state index < -0.39 is 11.6 Å². The van der Waals surface area contributed by atoms with Crippen LogP contribution in [0.25, 0.3) is 0 Å². The molecule has 0 saturated carbocycles. The van der Waals surface area contributed by atoms with Crippen LogP contribution in [0.2, 0.25) is 0 Å². The Balaban J connectivity index is 2.63. The van der Waals surface area contributed by atoms with Crippen molar-refractivity contribution in [1.29, 1.82) is 0 Å². The van der Waals surface area contributed by atoms with Crippen molar-refractivity contribution in [2.24, 2.45) is 0 Å². The number of rotatable bonds is 5. The Morgan fingerprint density at radius 2 is 1.83 bits per heavy atom. The lowest BCUT2D eigenvalue weighted by atomic mass is 10.0. The lowest BCUT2D eigenvalue weighted by molar-refractivity contribution is -0.121. The summed E-state index contributed by atoms with van der Waals surface area (Å²) in [6.45, 7) is 3.64. The van der Waals surface area contributed by atoms with Gasteiger partial charge in [0.1, 0.15) is 0 Å². The van der Waals surface area contributed by atoms with Crippen molar-refractivity contribution in [3.8, 4) is 0 Å². The first-order valence-electron chi connectivity index (χ1n) is 5.52. The van der Waals surface area contributed by atoms with E-state index >= 15 is 0 Å². The number of carbonyl (C=O) groups is 2. The van der Waals surface area contributed by atoms with Crippen molar-refractivity contribution < 1.29 is 19.4 Å². The fourth-order valence-electron chi connectivity index (χ4n) is 1.36. The number of benzene rings is 1. The third-order valence-electron chi connectivity index (χ3n) is 2.55. The predicted molar refractivity (Wildman–Crippen MR) is 67.7 cm³/mol. The number of methoxy groups -OCH3 is 1. The molecule has 0 aliphatic heterocycles. The maximum Gasteiger partial charge on any atom is 0.335 e. The molecule has 0 saturated heterocycles. The summed E-state index contributed by atoms with van der Waals surface area (Å²) in [6, 6.07) is 6.00. The molecule has 98 valence electrons. The van der Waals surface area contributed by atoms with Crippen molar-refractivity contribution in [2.75, 3.05) is 12.4 Å². The molecule has 0 bridgehead atoms. The van der Waals surface area contributed by atoms with Crippen molar-refractivity contribution in [1.82, 2.24) is 0 Å². The summed E-state index contributed by atoms with van der Waals surface area (Å²) in [7, 11) is 1.55. The van der Waals surface area contributed by atoms with Crippen LogP contribution in [0.1, 0.15) is 30.6 Å². The van der Waals surface area contributed by atoms with E-state index in [1.807, 2.05) is 13.8 Å². The van der Waals surface area contributed by atoms with Crippen LogP contribution in [0.15, 0.2) is 24.3 Å². The summed E-state index contributed by atoms with van der Waals surface area (Å²) in [4.78, 5) is 22.4. The summed E-state index contributed by atoms with van der Waals surface area (Å²) in [5, 5.41) is 11.4. The van der Waals surface area contributed by atoms with Gasteiger partial charge >= 0.3 is 5.97 Å². The first-order valence-corrected chi connectivity index (χ1v) is 5.52. The molecule has 0 spiro atoms. The second-order valence-electron chi connectivity index (χ2n) is 4.57. The van der Waals surface area contributed by atoms with Gasteiger partial charge in [-0.3, -0.25) is 4.79 Å². The number of carboxylic acids is 1. The van der Waals surface area contributed by atoms with Gasteiger partial charge in [0, 0.05) is 12.8 Å². The van der Waals surface area contributed by atoms with E-state index in [1.165, 1.54) is 12.1 Å². The highest BCUT2D eigenvalue weighted by atomic mass is 16.5. The smallest absolute Gasteiger partial charge is 0.335 e. The largest absolute Gasteiger partial charge is 0.478 e. The number of anilines is 1. The zero-order valence-corrected chi connectivity index (χ0v) is 10.7. The Kier molecular flexibility index (Phi) is 4.44. The molecule has 1 aromatic rings. The highest BCUT2D eigenvalue weighted by molar-refractivity contribution is 5.92. The molecule has 0 aromatic heterocycles. The SMILES string of the molecule is COC(C)(C)CC(=O)Nc1ccc(C(=O)O)cc1. The molecular weight excluding hydrogens is 234 g/mol. The molecule has 0 fully saturated rings. The average molecular weight is 251 g/mol. The molecule has 0 heterocycles. The van der Waals surface area contributed by atoms with Gasteiger partial charge in [-0.25, -0.2) is 4.79 Å². The van der Waals surface area contributed by atoms with E-state index in [0.717, 1.165) is 0 Å². The van der Waals surface area contributed by atoms with Crippen molar-refractivity contribution >= 4 is 17.6 Å². The van der Waals surface area contributed by atoms with Crippen LogP contribution in [-0.2, 0) is 9.53 Å². The molecule has 0 radical (unpaired) electrons. The van der Waals surface area contributed by atoms with E-state index in [1.54, 1.807) is 19.2 Å². The maximum absolute atomic E-state index is 11.7. The molecule has 0 aliphatic rings. The van der Waals surface area contributed by atoms with Crippen LogP contribution in [0.4, 0.5) is 5.69 Å². The number of carbonyl (C=O) groups excluding carboxylic acids is 1. The van der Waals surface area contributed by atoms with Gasteiger partial charge in [0.2, 0.25) is 5.91 Å². The summed E-state index contributed by atoms with van der Waals surface area (Å²) in [5.74, 6) is -1.17. The first kappa shape index (κ1) is 14.2. The Labute approximate surface area is 106 Å². The van der Waals surface area contributed by atoms with Crippen LogP contribution in [-0.4, -0.2) is 29.7 Å². The molecule has 0 unspecified atom stereocenters. The minimum atomic E-state index is -0.992. The van der Waals surface area contributed by atoms with Crippen molar-refractivity contribution in [3.63, 3.8) is 0 Å². The van der Waals surface area contributed by atoms with Crippen LogP contribution in [0.5, 0.6) is 0 Å². The van der Waals surface area contributed by atoms with Gasteiger partial charge in [-0.15, -0.1) is 0 Å². The zero-order chi connectivity index (χ0) is 13.8. The number of hydrogen-bond acceptors (Lipinski definition) is 3. The molecule has 0 aliphatic carbocycles. The molecule has 0 atom stereocenters. The number of amides is 1. The molecule has 18 heavy (non-hydrogen) atoms. The fourth-order valence-corrected chi connectivity index (χ4v) is 1.36. The van der Waals surface area contributed by atoms with E-state index in [0.29, 0.717) is 5.69 Å². The van der Waals surface area contributed by atoms with Crippen molar-refractivity contribution in [3.05, 3.63) is 29.8 Å². The molecule has 2 N–H and O–H groups in total. The second-order valence-corrected chi connectivity index (χ2v) is 4.57. The number of nitrogens with one attached hydrogen (secondary N) is 1. The summed E-state index contributed by atoms with van der Waals surface area (Å²) >= 11 is 0. The molecule has 5 nitrogen and oxygen atoms in total. The highest BCUT2D eigenvalue weighted by Gasteiger charge is 2.21. The predicted octanol–water partition coefficient (Wildman–Crippen LogP) is 2.14. The van der Waals surface area contributed by atoms with E-state index in [2.05, 4.69) is 5.32 Å². The maximum atomic E-state index is 11.7. The van der Waals surface area contributed by atoms with Gasteiger partial charge < -0.3 is 15.2 Å². The Bertz CT molecular complexity index is 437. The van der Waals surface area contributed by atoms with Crippen LogP contribution in [0, 0.1) is 0 Å². The summed E-state index contributed by atoms with van der Waals surface area (Å²) in [5.41, 5.74) is 0.229. The van der Waals surface area contributed by atoms with E-state index in [4.69, 9.17) is 9.84 Å². The first-order chi connectivity index (χ1) is 8.34. The number of ether oxygens (including phenoxy) is 1. The molecule has 1 amide bonds. The highest BCUT2D eigenvalue weighted by Crippen LogP contribution is 2.15. The summed E-state index contributed by atoms with van der Waals surface area (Å²) in [6.07, 6.45) is 0.226. The van der Waals surface area contributed by atoms with E-state index in [-0.39, 0.29) is 17.9 Å². The monoisotopic (exact) mass is 251 g/mol. The third-order valence-corrected chi connectivity index (χ3v) is 2.55.